The monoisotopic (exact) mass is 420 g/mol. The molecule has 0 aliphatic heterocycles. The first-order valence-corrected chi connectivity index (χ1v) is 10.9. The van der Waals surface area contributed by atoms with Gasteiger partial charge >= 0.3 is 0 Å². The highest BCUT2D eigenvalue weighted by Gasteiger charge is 2.23. The van der Waals surface area contributed by atoms with Gasteiger partial charge in [-0.05, 0) is 56.1 Å². The second-order valence-electron chi connectivity index (χ2n) is 8.32. The Bertz CT molecular complexity index is 713. The molecule has 4 heteroatoms. The van der Waals surface area contributed by atoms with Crippen molar-refractivity contribution in [2.24, 2.45) is 5.92 Å². The van der Waals surface area contributed by atoms with Gasteiger partial charge in [0.15, 0.2) is 0 Å². The van der Waals surface area contributed by atoms with Crippen molar-refractivity contribution < 1.29 is 0 Å². The first kappa shape index (κ1) is 23.2. The molecule has 2 aromatic carbocycles. The van der Waals surface area contributed by atoms with Gasteiger partial charge in [0.2, 0.25) is 0 Å². The van der Waals surface area contributed by atoms with Crippen LogP contribution in [-0.2, 0) is 19.5 Å². The molecule has 154 valence electrons. The predicted molar refractivity (Wildman–Crippen MR) is 123 cm³/mol. The van der Waals surface area contributed by atoms with Crippen molar-refractivity contribution in [1.29, 1.82) is 0 Å². The van der Waals surface area contributed by atoms with Gasteiger partial charge in [-0.25, -0.2) is 0 Å². The SMILES string of the molecule is CCc1cccc(CN(Cc2c(Cl)cccc2Cl)[C@@H](CC(C)C)CN(C)C)c1. The smallest absolute Gasteiger partial charge is 0.0465 e. The molecule has 0 aromatic heterocycles. The van der Waals surface area contributed by atoms with Crippen molar-refractivity contribution in [2.45, 2.75) is 52.7 Å². The number of nitrogens with zero attached hydrogens (tertiary/aromatic N) is 2. The summed E-state index contributed by atoms with van der Waals surface area (Å²) >= 11 is 13.0. The van der Waals surface area contributed by atoms with E-state index in [-0.39, 0.29) is 0 Å². The van der Waals surface area contributed by atoms with E-state index in [0.29, 0.717) is 12.0 Å². The van der Waals surface area contributed by atoms with E-state index in [2.05, 4.69) is 68.9 Å². The molecular formula is C24H34Cl2N2. The van der Waals surface area contributed by atoms with Crippen molar-refractivity contribution in [2.75, 3.05) is 20.6 Å². The topological polar surface area (TPSA) is 6.48 Å². The van der Waals surface area contributed by atoms with Crippen molar-refractivity contribution in [3.8, 4) is 0 Å². The second kappa shape index (κ2) is 11.2. The van der Waals surface area contributed by atoms with Crippen LogP contribution in [0.2, 0.25) is 10.0 Å². The van der Waals surface area contributed by atoms with Gasteiger partial charge in [0.25, 0.3) is 0 Å². The van der Waals surface area contributed by atoms with Gasteiger partial charge in [-0.15, -0.1) is 0 Å². The number of hydrogen-bond donors (Lipinski definition) is 0. The lowest BCUT2D eigenvalue weighted by Gasteiger charge is -2.35. The molecule has 0 heterocycles. The fourth-order valence-corrected chi connectivity index (χ4v) is 4.20. The van der Waals surface area contributed by atoms with Crippen LogP contribution in [0.1, 0.15) is 43.9 Å². The molecule has 0 amide bonds. The first-order valence-electron chi connectivity index (χ1n) is 10.2. The fraction of sp³-hybridized carbons (Fsp3) is 0.500. The zero-order chi connectivity index (χ0) is 20.7. The van der Waals surface area contributed by atoms with Gasteiger partial charge < -0.3 is 4.90 Å². The second-order valence-corrected chi connectivity index (χ2v) is 9.14. The van der Waals surface area contributed by atoms with Crippen LogP contribution in [0.5, 0.6) is 0 Å². The van der Waals surface area contributed by atoms with E-state index in [1.807, 2.05) is 18.2 Å². The molecule has 0 aliphatic rings. The summed E-state index contributed by atoms with van der Waals surface area (Å²) in [6.07, 6.45) is 2.19. The van der Waals surface area contributed by atoms with Gasteiger partial charge in [-0.3, -0.25) is 4.90 Å². The summed E-state index contributed by atoms with van der Waals surface area (Å²) in [7, 11) is 4.29. The quantitative estimate of drug-likeness (QED) is 0.430. The van der Waals surface area contributed by atoms with Crippen molar-refractivity contribution in [1.82, 2.24) is 9.80 Å². The molecule has 0 saturated heterocycles. The lowest BCUT2D eigenvalue weighted by atomic mass is 9.99. The lowest BCUT2D eigenvalue weighted by molar-refractivity contribution is 0.127. The van der Waals surface area contributed by atoms with E-state index in [1.165, 1.54) is 11.1 Å². The Kier molecular flexibility index (Phi) is 9.30. The summed E-state index contributed by atoms with van der Waals surface area (Å²) in [6.45, 7) is 9.43. The highest BCUT2D eigenvalue weighted by Crippen LogP contribution is 2.28. The summed E-state index contributed by atoms with van der Waals surface area (Å²) in [5.74, 6) is 0.621. The van der Waals surface area contributed by atoms with E-state index in [0.717, 1.165) is 48.1 Å². The molecule has 0 saturated carbocycles. The van der Waals surface area contributed by atoms with Crippen LogP contribution < -0.4 is 0 Å². The minimum atomic E-state index is 0.424. The lowest BCUT2D eigenvalue weighted by Crippen LogP contribution is -2.42. The molecule has 2 aromatic rings. The van der Waals surface area contributed by atoms with Crippen molar-refractivity contribution in [3.63, 3.8) is 0 Å². The van der Waals surface area contributed by atoms with Crippen LogP contribution in [-0.4, -0.2) is 36.5 Å². The van der Waals surface area contributed by atoms with Crippen LogP contribution in [0.25, 0.3) is 0 Å². The Labute approximate surface area is 181 Å². The normalized spacial score (nSPS) is 12.9. The Morgan fingerprint density at radius 2 is 1.50 bits per heavy atom. The molecule has 1 atom stereocenters. The molecule has 0 unspecified atom stereocenters. The third-order valence-electron chi connectivity index (χ3n) is 5.04. The molecule has 2 nitrogen and oxygen atoms in total. The molecule has 0 spiro atoms. The van der Waals surface area contributed by atoms with Crippen LogP contribution in [0.3, 0.4) is 0 Å². The van der Waals surface area contributed by atoms with Crippen molar-refractivity contribution in [3.05, 3.63) is 69.2 Å². The zero-order valence-corrected chi connectivity index (χ0v) is 19.4. The van der Waals surface area contributed by atoms with Gasteiger partial charge in [-0.1, -0.05) is 74.3 Å². The third kappa shape index (κ3) is 7.08. The van der Waals surface area contributed by atoms with E-state index >= 15 is 0 Å². The van der Waals surface area contributed by atoms with Gasteiger partial charge in [0, 0.05) is 41.3 Å². The number of likely N-dealkylation sites (N-methyl/N-ethyl adjacent to an activating group) is 1. The molecule has 0 fully saturated rings. The predicted octanol–water partition coefficient (Wildman–Crippen LogP) is 6.53. The molecular weight excluding hydrogens is 387 g/mol. The summed E-state index contributed by atoms with van der Waals surface area (Å²) < 4.78 is 0. The number of rotatable bonds is 10. The molecule has 0 N–H and O–H groups in total. The van der Waals surface area contributed by atoms with E-state index in [1.54, 1.807) is 0 Å². The average Bonchev–Trinajstić information content (AvgIpc) is 2.62. The number of hydrogen-bond acceptors (Lipinski definition) is 2. The Balaban J connectivity index is 2.37. The van der Waals surface area contributed by atoms with E-state index in [9.17, 15) is 0 Å². The standard InChI is InChI=1S/C24H34Cl2N2/c1-6-19-9-7-10-20(14-19)15-28(21(13-18(2)3)16-27(4)5)17-22-23(25)11-8-12-24(22)26/h7-12,14,18,21H,6,13,15-17H2,1-5H3/t21-/m0/s1. The minimum Gasteiger partial charge on any atom is -0.308 e. The molecule has 0 aliphatic carbocycles. The third-order valence-corrected chi connectivity index (χ3v) is 5.75. The highest BCUT2D eigenvalue weighted by molar-refractivity contribution is 6.35. The van der Waals surface area contributed by atoms with Crippen molar-refractivity contribution >= 4 is 23.2 Å². The molecule has 0 bridgehead atoms. The van der Waals surface area contributed by atoms with Crippen LogP contribution >= 0.6 is 23.2 Å². The average molecular weight is 421 g/mol. The summed E-state index contributed by atoms with van der Waals surface area (Å²) in [6, 6.07) is 15.1. The van der Waals surface area contributed by atoms with Gasteiger partial charge in [-0.2, -0.15) is 0 Å². The summed E-state index contributed by atoms with van der Waals surface area (Å²) in [4.78, 5) is 4.82. The molecule has 2 rings (SSSR count). The minimum absolute atomic E-state index is 0.424. The largest absolute Gasteiger partial charge is 0.308 e. The van der Waals surface area contributed by atoms with Crippen LogP contribution in [0, 0.1) is 5.92 Å². The maximum absolute atomic E-state index is 6.52. The number of aryl methyl sites for hydroxylation is 1. The fourth-order valence-electron chi connectivity index (χ4n) is 3.69. The maximum Gasteiger partial charge on any atom is 0.0465 e. The highest BCUT2D eigenvalue weighted by atomic mass is 35.5. The molecule has 28 heavy (non-hydrogen) atoms. The first-order chi connectivity index (χ1) is 13.3. The Hall–Kier alpha value is -1.06. The van der Waals surface area contributed by atoms with E-state index < -0.39 is 0 Å². The number of benzene rings is 2. The zero-order valence-electron chi connectivity index (χ0n) is 17.9. The van der Waals surface area contributed by atoms with Crippen LogP contribution in [0.15, 0.2) is 42.5 Å². The summed E-state index contributed by atoms with van der Waals surface area (Å²) in [5.41, 5.74) is 3.74. The Morgan fingerprint density at radius 1 is 0.893 bits per heavy atom. The van der Waals surface area contributed by atoms with Gasteiger partial charge in [0.05, 0.1) is 0 Å². The van der Waals surface area contributed by atoms with E-state index in [4.69, 9.17) is 23.2 Å². The summed E-state index contributed by atoms with van der Waals surface area (Å²) in [5, 5.41) is 1.49. The van der Waals surface area contributed by atoms with Gasteiger partial charge in [0.1, 0.15) is 0 Å². The molecule has 0 radical (unpaired) electrons. The Morgan fingerprint density at radius 3 is 2.07 bits per heavy atom. The maximum atomic E-state index is 6.52. The van der Waals surface area contributed by atoms with Crippen LogP contribution in [0.4, 0.5) is 0 Å². The number of halogens is 2.